The van der Waals surface area contributed by atoms with E-state index in [1.807, 2.05) is 6.07 Å². The summed E-state index contributed by atoms with van der Waals surface area (Å²) in [4.78, 5) is 4.82. The molecule has 2 nitrogen and oxygen atoms in total. The van der Waals surface area contributed by atoms with Crippen LogP contribution in [0.3, 0.4) is 0 Å². The van der Waals surface area contributed by atoms with Crippen LogP contribution in [0.25, 0.3) is 32.7 Å². The van der Waals surface area contributed by atoms with Crippen molar-refractivity contribution in [2.45, 2.75) is 6.04 Å². The van der Waals surface area contributed by atoms with Gasteiger partial charge in [0.1, 0.15) is 6.04 Å². The van der Waals surface area contributed by atoms with E-state index in [2.05, 4.69) is 102 Å². The van der Waals surface area contributed by atoms with E-state index in [4.69, 9.17) is 16.6 Å². The number of fused-ring (bicyclic) bond motifs is 6. The first-order valence-electron chi connectivity index (χ1n) is 10.4. The quantitative estimate of drug-likeness (QED) is 0.230. The largest absolute Gasteiger partial charge is 0.330 e. The highest BCUT2D eigenvalue weighted by molar-refractivity contribution is 6.68. The van der Waals surface area contributed by atoms with E-state index < -0.39 is 0 Å². The van der Waals surface area contributed by atoms with E-state index in [9.17, 15) is 0 Å². The highest BCUT2D eigenvalue weighted by atomic mass is 35.5. The lowest BCUT2D eigenvalue weighted by molar-refractivity contribution is 0.879. The number of aliphatic imine (C=N–C) groups is 1. The number of anilines is 1. The average molecular weight is 419 g/mol. The Hall–Kier alpha value is -3.62. The SMILES string of the molecule is ClC1=NC(c2ccc(-c3ccccc3)cc2)c2c(c3ccccc3c3ccccc23)N1. The number of rotatable bonds is 2. The van der Waals surface area contributed by atoms with Crippen LogP contribution >= 0.6 is 11.6 Å². The summed E-state index contributed by atoms with van der Waals surface area (Å²) in [5.74, 6) is 0. The second kappa shape index (κ2) is 7.26. The van der Waals surface area contributed by atoms with Crippen molar-refractivity contribution in [1.82, 2.24) is 0 Å². The number of nitrogens with one attached hydrogen (secondary N) is 1. The fourth-order valence-corrected chi connectivity index (χ4v) is 4.82. The average Bonchev–Trinajstić information content (AvgIpc) is 2.84. The second-order valence-corrected chi connectivity index (χ2v) is 8.17. The molecule has 1 aliphatic heterocycles. The molecule has 0 bridgehead atoms. The number of amidine groups is 1. The molecule has 0 aromatic heterocycles. The molecule has 1 atom stereocenters. The Labute approximate surface area is 185 Å². The Bertz CT molecular complexity index is 1450. The molecule has 1 aliphatic rings. The van der Waals surface area contributed by atoms with Crippen molar-refractivity contribution in [3.8, 4) is 11.1 Å². The Kier molecular flexibility index (Phi) is 4.26. The van der Waals surface area contributed by atoms with Gasteiger partial charge in [-0.15, -0.1) is 0 Å². The van der Waals surface area contributed by atoms with Crippen LogP contribution in [0.5, 0.6) is 0 Å². The molecule has 0 fully saturated rings. The first-order valence-corrected chi connectivity index (χ1v) is 10.8. The van der Waals surface area contributed by atoms with Gasteiger partial charge in [-0.05, 0) is 44.4 Å². The standard InChI is InChI=1S/C28H19ClN2/c29-28-30-26(20-16-14-19(15-17-20)18-8-2-1-3-9-18)25-23-12-6-4-10-21(23)22-11-5-7-13-24(22)27(25)31-28/h1-17,26H,(H,30,31). The normalized spacial score (nSPS) is 15.4. The first-order chi connectivity index (χ1) is 15.3. The number of halogens is 1. The van der Waals surface area contributed by atoms with Crippen molar-refractivity contribution >= 4 is 44.1 Å². The molecule has 1 N–H and O–H groups in total. The lowest BCUT2D eigenvalue weighted by Gasteiger charge is -2.27. The molecule has 5 aromatic carbocycles. The molecule has 1 unspecified atom stereocenters. The topological polar surface area (TPSA) is 24.4 Å². The van der Waals surface area contributed by atoms with Crippen LogP contribution in [-0.2, 0) is 0 Å². The molecule has 0 saturated carbocycles. The van der Waals surface area contributed by atoms with Crippen LogP contribution in [-0.4, -0.2) is 5.29 Å². The van der Waals surface area contributed by atoms with Gasteiger partial charge in [-0.2, -0.15) is 0 Å². The molecule has 148 valence electrons. The van der Waals surface area contributed by atoms with Crippen LogP contribution in [0.15, 0.2) is 108 Å². The molecule has 31 heavy (non-hydrogen) atoms. The minimum Gasteiger partial charge on any atom is -0.330 e. The van der Waals surface area contributed by atoms with Crippen molar-refractivity contribution in [3.63, 3.8) is 0 Å². The smallest absolute Gasteiger partial charge is 0.196 e. The van der Waals surface area contributed by atoms with Crippen molar-refractivity contribution < 1.29 is 0 Å². The summed E-state index contributed by atoms with van der Waals surface area (Å²) in [6, 6.07) is 36.0. The molecular formula is C28H19ClN2. The first kappa shape index (κ1) is 18.2. The molecule has 5 aromatic rings. The zero-order valence-corrected chi connectivity index (χ0v) is 17.5. The van der Waals surface area contributed by atoms with E-state index in [1.165, 1.54) is 32.8 Å². The fourth-order valence-electron chi connectivity index (χ4n) is 4.63. The molecule has 3 heteroatoms. The van der Waals surface area contributed by atoms with Gasteiger partial charge in [0.15, 0.2) is 5.29 Å². The predicted molar refractivity (Wildman–Crippen MR) is 132 cm³/mol. The Morgan fingerprint density at radius 3 is 1.84 bits per heavy atom. The van der Waals surface area contributed by atoms with E-state index in [1.54, 1.807) is 0 Å². The van der Waals surface area contributed by atoms with Gasteiger partial charge in [0.05, 0.1) is 5.69 Å². The van der Waals surface area contributed by atoms with E-state index in [0.29, 0.717) is 5.29 Å². The molecule has 0 saturated heterocycles. The van der Waals surface area contributed by atoms with Gasteiger partial charge < -0.3 is 5.32 Å². The van der Waals surface area contributed by atoms with Gasteiger partial charge in [0, 0.05) is 10.9 Å². The van der Waals surface area contributed by atoms with Crippen molar-refractivity contribution in [2.75, 3.05) is 5.32 Å². The fraction of sp³-hybridized carbons (Fsp3) is 0.0357. The predicted octanol–water partition coefficient (Wildman–Crippen LogP) is 7.77. The number of hydrogen-bond acceptors (Lipinski definition) is 2. The van der Waals surface area contributed by atoms with Crippen LogP contribution in [0.2, 0.25) is 0 Å². The zero-order valence-electron chi connectivity index (χ0n) is 16.7. The summed E-state index contributed by atoms with van der Waals surface area (Å²) >= 11 is 6.51. The lowest BCUT2D eigenvalue weighted by atomic mass is 9.87. The number of benzene rings is 5. The van der Waals surface area contributed by atoms with Gasteiger partial charge in [-0.3, -0.25) is 0 Å². The minimum absolute atomic E-state index is 0.164. The zero-order chi connectivity index (χ0) is 20.8. The molecule has 6 rings (SSSR count). The van der Waals surface area contributed by atoms with Crippen LogP contribution in [0.4, 0.5) is 5.69 Å². The third-order valence-electron chi connectivity index (χ3n) is 6.05. The monoisotopic (exact) mass is 418 g/mol. The lowest BCUT2D eigenvalue weighted by Crippen LogP contribution is -2.17. The van der Waals surface area contributed by atoms with E-state index >= 15 is 0 Å². The molecule has 0 radical (unpaired) electrons. The summed E-state index contributed by atoms with van der Waals surface area (Å²) in [5.41, 5.74) is 5.74. The maximum Gasteiger partial charge on any atom is 0.196 e. The van der Waals surface area contributed by atoms with Gasteiger partial charge >= 0.3 is 0 Å². The Morgan fingerprint density at radius 1 is 0.581 bits per heavy atom. The summed E-state index contributed by atoms with van der Waals surface area (Å²) < 4.78 is 0. The van der Waals surface area contributed by atoms with Crippen LogP contribution in [0.1, 0.15) is 17.2 Å². The third kappa shape index (κ3) is 2.99. The van der Waals surface area contributed by atoms with Crippen molar-refractivity contribution in [1.29, 1.82) is 0 Å². The van der Waals surface area contributed by atoms with Crippen molar-refractivity contribution in [2.24, 2.45) is 4.99 Å². The van der Waals surface area contributed by atoms with Gasteiger partial charge in [-0.25, -0.2) is 4.99 Å². The molecule has 1 heterocycles. The highest BCUT2D eigenvalue weighted by Crippen LogP contribution is 2.45. The van der Waals surface area contributed by atoms with Gasteiger partial charge in [0.2, 0.25) is 0 Å². The minimum atomic E-state index is -0.164. The van der Waals surface area contributed by atoms with Crippen LogP contribution in [0, 0.1) is 0 Å². The molecule has 0 amide bonds. The second-order valence-electron chi connectivity index (χ2n) is 7.82. The molecule has 0 aliphatic carbocycles. The number of nitrogens with zero attached hydrogens (tertiary/aromatic N) is 1. The number of hydrogen-bond donors (Lipinski definition) is 1. The van der Waals surface area contributed by atoms with E-state index in [0.717, 1.165) is 16.6 Å². The maximum absolute atomic E-state index is 6.51. The van der Waals surface area contributed by atoms with Gasteiger partial charge in [0.25, 0.3) is 0 Å². The van der Waals surface area contributed by atoms with E-state index in [-0.39, 0.29) is 6.04 Å². The molecule has 0 spiro atoms. The van der Waals surface area contributed by atoms with Crippen LogP contribution < -0.4 is 5.32 Å². The highest BCUT2D eigenvalue weighted by Gasteiger charge is 2.27. The summed E-state index contributed by atoms with van der Waals surface area (Å²) in [5, 5.41) is 8.58. The van der Waals surface area contributed by atoms with Crippen molar-refractivity contribution in [3.05, 3.63) is 114 Å². The summed E-state index contributed by atoms with van der Waals surface area (Å²) in [6.45, 7) is 0. The maximum atomic E-state index is 6.51. The third-order valence-corrected chi connectivity index (χ3v) is 6.24. The summed E-state index contributed by atoms with van der Waals surface area (Å²) in [6.07, 6.45) is 0. The molecular weight excluding hydrogens is 400 g/mol. The summed E-state index contributed by atoms with van der Waals surface area (Å²) in [7, 11) is 0. The Balaban J connectivity index is 1.58. The Morgan fingerprint density at radius 2 is 1.13 bits per heavy atom. The van der Waals surface area contributed by atoms with Gasteiger partial charge in [-0.1, -0.05) is 103 Å².